The molecule has 0 saturated carbocycles. The van der Waals surface area contributed by atoms with E-state index in [2.05, 4.69) is 0 Å². The van der Waals surface area contributed by atoms with Gasteiger partial charge in [-0.05, 0) is 5.92 Å². The summed E-state index contributed by atoms with van der Waals surface area (Å²) in [5, 5.41) is 10.9. The van der Waals surface area contributed by atoms with Crippen LogP contribution in [0.2, 0.25) is 0 Å². The van der Waals surface area contributed by atoms with Gasteiger partial charge in [0.2, 0.25) is 5.78 Å². The lowest BCUT2D eigenvalue weighted by Gasteiger charge is -2.11. The zero-order valence-corrected chi connectivity index (χ0v) is 11.9. The Labute approximate surface area is 119 Å². The molecule has 0 aliphatic carbocycles. The molecule has 18 heavy (non-hydrogen) atoms. The standard InChI is InChI=1S/C11H10Cl3NO3/c1-6(2)8-4-3-7(5-9(8)15(17)18)10(16)11(12,13)14/h3-6H,1-2H3. The second kappa shape index (κ2) is 5.43. The molecule has 1 aromatic rings. The van der Waals surface area contributed by atoms with Gasteiger partial charge in [0.15, 0.2) is 0 Å². The number of benzene rings is 1. The van der Waals surface area contributed by atoms with Crippen molar-refractivity contribution in [2.45, 2.75) is 23.6 Å². The predicted molar refractivity (Wildman–Crippen MR) is 71.8 cm³/mol. The molecule has 4 nitrogen and oxygen atoms in total. The summed E-state index contributed by atoms with van der Waals surface area (Å²) in [5.74, 6) is -0.826. The maximum Gasteiger partial charge on any atom is 0.273 e. The van der Waals surface area contributed by atoms with Gasteiger partial charge in [0, 0.05) is 17.2 Å². The number of alkyl halides is 3. The lowest BCUT2D eigenvalue weighted by molar-refractivity contribution is -0.385. The Kier molecular flexibility index (Phi) is 4.59. The first kappa shape index (κ1) is 15.2. The van der Waals surface area contributed by atoms with Crippen LogP contribution >= 0.6 is 34.8 Å². The normalized spacial score (nSPS) is 11.7. The second-order valence-electron chi connectivity index (χ2n) is 4.01. The van der Waals surface area contributed by atoms with E-state index >= 15 is 0 Å². The van der Waals surface area contributed by atoms with Gasteiger partial charge in [0.25, 0.3) is 9.48 Å². The minimum Gasteiger partial charge on any atom is -0.289 e. The molecule has 0 heterocycles. The van der Waals surface area contributed by atoms with Gasteiger partial charge in [-0.25, -0.2) is 0 Å². The Morgan fingerprint density at radius 3 is 2.28 bits per heavy atom. The smallest absolute Gasteiger partial charge is 0.273 e. The Bertz CT molecular complexity index is 495. The lowest BCUT2D eigenvalue weighted by Crippen LogP contribution is -2.19. The van der Waals surface area contributed by atoms with Crippen LogP contribution in [0.1, 0.15) is 35.7 Å². The van der Waals surface area contributed by atoms with E-state index < -0.39 is 14.5 Å². The van der Waals surface area contributed by atoms with E-state index in [4.69, 9.17) is 34.8 Å². The summed E-state index contributed by atoms with van der Waals surface area (Å²) in [7, 11) is 0. The van der Waals surface area contributed by atoms with Gasteiger partial charge in [-0.2, -0.15) is 0 Å². The van der Waals surface area contributed by atoms with Crippen molar-refractivity contribution in [2.75, 3.05) is 0 Å². The zero-order chi connectivity index (χ0) is 14.1. The highest BCUT2D eigenvalue weighted by molar-refractivity contribution is 6.77. The van der Waals surface area contributed by atoms with Crippen LogP contribution < -0.4 is 0 Å². The average molecular weight is 311 g/mol. The number of nitro benzene ring substituents is 1. The summed E-state index contributed by atoms with van der Waals surface area (Å²) in [6, 6.07) is 4.07. The molecule has 1 rings (SSSR count). The molecule has 0 aromatic heterocycles. The first-order chi connectivity index (χ1) is 8.14. The van der Waals surface area contributed by atoms with Crippen LogP contribution in [0.5, 0.6) is 0 Å². The fraction of sp³-hybridized carbons (Fsp3) is 0.364. The molecule has 0 atom stereocenters. The lowest BCUT2D eigenvalue weighted by atomic mass is 9.98. The Hall–Kier alpha value is -0.840. The first-order valence-corrected chi connectivity index (χ1v) is 6.18. The van der Waals surface area contributed by atoms with Crippen LogP contribution in [-0.4, -0.2) is 14.5 Å². The molecule has 0 bridgehead atoms. The van der Waals surface area contributed by atoms with Gasteiger partial charge in [-0.1, -0.05) is 60.8 Å². The molecule has 0 radical (unpaired) electrons. The third kappa shape index (κ3) is 3.34. The topological polar surface area (TPSA) is 60.2 Å². The molecular weight excluding hydrogens is 300 g/mol. The van der Waals surface area contributed by atoms with Crippen molar-refractivity contribution in [3.05, 3.63) is 39.4 Å². The van der Waals surface area contributed by atoms with E-state index in [-0.39, 0.29) is 17.2 Å². The van der Waals surface area contributed by atoms with E-state index in [9.17, 15) is 14.9 Å². The Morgan fingerprint density at radius 1 is 1.33 bits per heavy atom. The van der Waals surface area contributed by atoms with Gasteiger partial charge >= 0.3 is 0 Å². The number of hydrogen-bond acceptors (Lipinski definition) is 3. The highest BCUT2D eigenvalue weighted by Crippen LogP contribution is 2.33. The highest BCUT2D eigenvalue weighted by Gasteiger charge is 2.33. The fourth-order valence-electron chi connectivity index (χ4n) is 1.49. The second-order valence-corrected chi connectivity index (χ2v) is 6.29. The average Bonchev–Trinajstić information content (AvgIpc) is 2.25. The number of carbonyl (C=O) groups is 1. The van der Waals surface area contributed by atoms with E-state index in [1.54, 1.807) is 0 Å². The Morgan fingerprint density at radius 2 is 1.89 bits per heavy atom. The monoisotopic (exact) mass is 309 g/mol. The summed E-state index contributed by atoms with van der Waals surface area (Å²) in [6.07, 6.45) is 0. The summed E-state index contributed by atoms with van der Waals surface area (Å²) in [4.78, 5) is 22.1. The minimum atomic E-state index is -2.12. The van der Waals surface area contributed by atoms with Crippen LogP contribution in [0, 0.1) is 10.1 Å². The van der Waals surface area contributed by atoms with Gasteiger partial charge in [0.1, 0.15) is 0 Å². The number of carbonyl (C=O) groups excluding carboxylic acids is 1. The first-order valence-electron chi connectivity index (χ1n) is 5.04. The number of nitrogens with zero attached hydrogens (tertiary/aromatic N) is 1. The third-order valence-corrected chi connectivity index (χ3v) is 2.88. The van der Waals surface area contributed by atoms with Crippen LogP contribution in [0.4, 0.5) is 5.69 Å². The van der Waals surface area contributed by atoms with E-state index in [1.807, 2.05) is 13.8 Å². The van der Waals surface area contributed by atoms with Crippen LogP contribution in [0.15, 0.2) is 18.2 Å². The molecule has 0 unspecified atom stereocenters. The fourth-order valence-corrected chi connectivity index (χ4v) is 1.82. The molecule has 1 aromatic carbocycles. The molecule has 7 heteroatoms. The summed E-state index contributed by atoms with van der Waals surface area (Å²) in [5.41, 5.74) is 0.386. The van der Waals surface area contributed by atoms with E-state index in [1.165, 1.54) is 12.1 Å². The van der Waals surface area contributed by atoms with Crippen molar-refractivity contribution in [2.24, 2.45) is 0 Å². The van der Waals surface area contributed by atoms with Crippen molar-refractivity contribution in [1.82, 2.24) is 0 Å². The molecule has 0 spiro atoms. The van der Waals surface area contributed by atoms with Crippen molar-refractivity contribution in [3.63, 3.8) is 0 Å². The molecule has 0 aliphatic heterocycles. The van der Waals surface area contributed by atoms with Crippen LogP contribution in [0.3, 0.4) is 0 Å². The number of rotatable bonds is 3. The van der Waals surface area contributed by atoms with Gasteiger partial charge < -0.3 is 0 Å². The molecule has 0 fully saturated rings. The van der Waals surface area contributed by atoms with Gasteiger partial charge in [-0.3, -0.25) is 14.9 Å². The minimum absolute atomic E-state index is 0.00565. The van der Waals surface area contributed by atoms with Crippen molar-refractivity contribution in [1.29, 1.82) is 0 Å². The highest BCUT2D eigenvalue weighted by atomic mass is 35.6. The molecule has 98 valence electrons. The van der Waals surface area contributed by atoms with Crippen molar-refractivity contribution >= 4 is 46.3 Å². The predicted octanol–water partition coefficient (Wildman–Crippen LogP) is 4.27. The van der Waals surface area contributed by atoms with Crippen molar-refractivity contribution in [3.8, 4) is 0 Å². The third-order valence-electron chi connectivity index (χ3n) is 2.37. The Balaban J connectivity index is 3.32. The number of hydrogen-bond donors (Lipinski definition) is 0. The largest absolute Gasteiger partial charge is 0.289 e. The number of nitro groups is 1. The molecule has 0 N–H and O–H groups in total. The maximum absolute atomic E-state index is 11.7. The maximum atomic E-state index is 11.7. The molecular formula is C11H10Cl3NO3. The van der Waals surface area contributed by atoms with Crippen molar-refractivity contribution < 1.29 is 9.72 Å². The molecule has 0 aliphatic rings. The number of halogens is 3. The van der Waals surface area contributed by atoms with Gasteiger partial charge in [-0.15, -0.1) is 0 Å². The molecule has 0 saturated heterocycles. The van der Waals surface area contributed by atoms with Gasteiger partial charge in [0.05, 0.1) is 4.92 Å². The quantitative estimate of drug-likeness (QED) is 0.362. The molecule has 0 amide bonds. The number of ketones is 1. The zero-order valence-electron chi connectivity index (χ0n) is 9.62. The van der Waals surface area contributed by atoms with Crippen LogP contribution in [-0.2, 0) is 0 Å². The summed E-state index contributed by atoms with van der Waals surface area (Å²) < 4.78 is -2.12. The summed E-state index contributed by atoms with van der Waals surface area (Å²) in [6.45, 7) is 3.64. The number of Topliss-reactive ketones (excluding diaryl/α,β-unsaturated/α-hetero) is 1. The summed E-state index contributed by atoms with van der Waals surface area (Å²) >= 11 is 16.4. The SMILES string of the molecule is CC(C)c1ccc(C(=O)C(Cl)(Cl)Cl)cc1[N+](=O)[O-]. The van der Waals surface area contributed by atoms with Crippen LogP contribution in [0.25, 0.3) is 0 Å². The van der Waals surface area contributed by atoms with E-state index in [0.29, 0.717) is 5.56 Å². The van der Waals surface area contributed by atoms with E-state index in [0.717, 1.165) is 6.07 Å².